The molecule has 1 aliphatic rings. The van der Waals surface area contributed by atoms with E-state index in [0.29, 0.717) is 31.4 Å². The molecule has 1 aromatic rings. The van der Waals surface area contributed by atoms with Crippen LogP contribution in [0.25, 0.3) is 0 Å². The molecular weight excluding hydrogens is 355 g/mol. The summed E-state index contributed by atoms with van der Waals surface area (Å²) in [7, 11) is -3.05. The second-order valence-corrected chi connectivity index (χ2v) is 7.93. The van der Waals surface area contributed by atoms with Crippen molar-refractivity contribution in [2.75, 3.05) is 7.11 Å². The van der Waals surface area contributed by atoms with E-state index in [1.165, 1.54) is 7.11 Å². The van der Waals surface area contributed by atoms with Crippen LogP contribution in [0.3, 0.4) is 0 Å². The third kappa shape index (κ3) is 4.13. The molecule has 25 heavy (non-hydrogen) atoms. The minimum Gasteiger partial charge on any atom is -0.469 e. The van der Waals surface area contributed by atoms with Gasteiger partial charge in [0.05, 0.1) is 28.9 Å². The molecule has 0 aliphatic heterocycles. The molecule has 0 aromatic heterocycles. The van der Waals surface area contributed by atoms with Crippen LogP contribution in [0.4, 0.5) is 10.1 Å². The smallest absolute Gasteiger partial charge is 0.310 e. The second-order valence-electron chi connectivity index (χ2n) is 6.25. The molecule has 0 amide bonds. The lowest BCUT2D eigenvalue weighted by molar-refractivity contribution is -0.385. The molecule has 2 rings (SSSR count). The molecule has 1 saturated carbocycles. The fourth-order valence-corrected chi connectivity index (χ4v) is 4.67. The van der Waals surface area contributed by atoms with Gasteiger partial charge in [-0.3, -0.25) is 14.9 Å². The van der Waals surface area contributed by atoms with Crippen LogP contribution < -0.4 is 4.72 Å². The second kappa shape index (κ2) is 7.04. The zero-order chi connectivity index (χ0) is 18.8. The first-order chi connectivity index (χ1) is 11.6. The number of sulfonamides is 1. The van der Waals surface area contributed by atoms with E-state index < -0.39 is 48.8 Å². The summed E-state index contributed by atoms with van der Waals surface area (Å²) in [6.45, 7) is 1.58. The molecule has 0 saturated heterocycles. The van der Waals surface area contributed by atoms with Crippen LogP contribution in [-0.4, -0.2) is 32.0 Å². The zero-order valence-electron chi connectivity index (χ0n) is 13.8. The molecule has 0 spiro atoms. The van der Waals surface area contributed by atoms with Crippen molar-refractivity contribution in [1.29, 1.82) is 0 Å². The minimum absolute atomic E-state index is 0.392. The van der Waals surface area contributed by atoms with E-state index in [4.69, 9.17) is 4.74 Å². The average molecular weight is 374 g/mol. The van der Waals surface area contributed by atoms with Gasteiger partial charge in [-0.15, -0.1) is 0 Å². The Kier molecular flexibility index (Phi) is 5.43. The number of non-ortho nitro benzene ring substituents is 1. The van der Waals surface area contributed by atoms with E-state index in [1.54, 1.807) is 6.92 Å². The summed E-state index contributed by atoms with van der Waals surface area (Å²) in [5, 5.41) is 10.8. The first-order valence-corrected chi connectivity index (χ1v) is 9.14. The maximum Gasteiger partial charge on any atom is 0.310 e. The van der Waals surface area contributed by atoms with Gasteiger partial charge in [0.15, 0.2) is 0 Å². The van der Waals surface area contributed by atoms with E-state index >= 15 is 0 Å². The molecule has 0 heterocycles. The Morgan fingerprint density at radius 2 is 2.08 bits per heavy atom. The van der Waals surface area contributed by atoms with Crippen molar-refractivity contribution in [3.05, 3.63) is 34.1 Å². The predicted molar refractivity (Wildman–Crippen MR) is 85.8 cm³/mol. The number of rotatable bonds is 5. The summed E-state index contributed by atoms with van der Waals surface area (Å²) in [5.41, 5.74) is -1.79. The van der Waals surface area contributed by atoms with E-state index in [1.807, 2.05) is 0 Å². The number of benzene rings is 1. The lowest BCUT2D eigenvalue weighted by atomic mass is 9.74. The number of carbonyl (C=O) groups is 1. The quantitative estimate of drug-likeness (QED) is 0.479. The van der Waals surface area contributed by atoms with Crippen molar-refractivity contribution in [2.24, 2.45) is 5.92 Å². The van der Waals surface area contributed by atoms with Crippen molar-refractivity contribution in [2.45, 2.75) is 43.0 Å². The van der Waals surface area contributed by atoms with Crippen molar-refractivity contribution < 1.29 is 27.3 Å². The van der Waals surface area contributed by atoms with Gasteiger partial charge < -0.3 is 4.74 Å². The van der Waals surface area contributed by atoms with Gasteiger partial charge in [0, 0.05) is 11.6 Å². The summed E-state index contributed by atoms with van der Waals surface area (Å²) < 4.78 is 46.0. The van der Waals surface area contributed by atoms with Gasteiger partial charge in [-0.25, -0.2) is 17.5 Å². The third-order valence-corrected chi connectivity index (χ3v) is 6.03. The van der Waals surface area contributed by atoms with Gasteiger partial charge in [0.25, 0.3) is 5.69 Å². The van der Waals surface area contributed by atoms with Gasteiger partial charge in [0.1, 0.15) is 5.82 Å². The van der Waals surface area contributed by atoms with Crippen LogP contribution in [0.1, 0.15) is 32.6 Å². The first-order valence-electron chi connectivity index (χ1n) is 7.66. The Balaban J connectivity index is 2.40. The first kappa shape index (κ1) is 19.3. The third-order valence-electron chi connectivity index (χ3n) is 4.44. The number of ether oxygens (including phenoxy) is 1. The van der Waals surface area contributed by atoms with Crippen molar-refractivity contribution in [1.82, 2.24) is 4.72 Å². The Bertz CT molecular complexity index is 797. The fourth-order valence-electron chi connectivity index (χ4n) is 3.15. The van der Waals surface area contributed by atoms with E-state index in [0.717, 1.165) is 12.5 Å². The van der Waals surface area contributed by atoms with Crippen LogP contribution in [0.15, 0.2) is 23.1 Å². The number of halogens is 1. The number of nitrogens with one attached hydrogen (secondary N) is 1. The molecular formula is C15H19FN2O6S. The number of nitro groups is 1. The lowest BCUT2D eigenvalue weighted by Crippen LogP contribution is -2.55. The number of nitrogens with zero attached hydrogens (tertiary/aromatic N) is 1. The highest BCUT2D eigenvalue weighted by Crippen LogP contribution is 2.36. The topological polar surface area (TPSA) is 116 Å². The number of hydrogen-bond donors (Lipinski definition) is 1. The average Bonchev–Trinajstić information content (AvgIpc) is 2.53. The largest absolute Gasteiger partial charge is 0.469 e. The van der Waals surface area contributed by atoms with Gasteiger partial charge in [-0.2, -0.15) is 0 Å². The van der Waals surface area contributed by atoms with Crippen molar-refractivity contribution in [3.63, 3.8) is 0 Å². The minimum atomic E-state index is -4.27. The molecule has 10 heteroatoms. The molecule has 2 atom stereocenters. The monoisotopic (exact) mass is 374 g/mol. The molecule has 138 valence electrons. The van der Waals surface area contributed by atoms with E-state index in [2.05, 4.69) is 4.72 Å². The van der Waals surface area contributed by atoms with E-state index in [9.17, 15) is 27.7 Å². The van der Waals surface area contributed by atoms with Gasteiger partial charge >= 0.3 is 5.97 Å². The Morgan fingerprint density at radius 1 is 1.40 bits per heavy atom. The molecule has 8 nitrogen and oxygen atoms in total. The van der Waals surface area contributed by atoms with Crippen molar-refractivity contribution in [3.8, 4) is 0 Å². The highest BCUT2D eigenvalue weighted by molar-refractivity contribution is 7.89. The van der Waals surface area contributed by atoms with Crippen LogP contribution in [0.2, 0.25) is 0 Å². The standard InChI is InChI=1S/C15H19FN2O6S/c1-15(6-4-3-5-13(15)14(19)24-2)17-25(22,23)12-8-10(16)7-11(9-12)18(20)21/h7-9,13,17H,3-6H2,1-2H3/t13-,15+/m1/s1. The van der Waals surface area contributed by atoms with Crippen LogP contribution >= 0.6 is 0 Å². The molecule has 0 radical (unpaired) electrons. The summed E-state index contributed by atoms with van der Waals surface area (Å²) in [6.07, 6.45) is 2.30. The number of carbonyl (C=O) groups excluding carboxylic acids is 1. The summed E-state index contributed by atoms with van der Waals surface area (Å²) in [5.74, 6) is -2.26. The normalized spacial score (nSPS) is 23.9. The molecule has 1 aromatic carbocycles. The summed E-state index contributed by atoms with van der Waals surface area (Å²) >= 11 is 0. The Hall–Kier alpha value is -2.07. The van der Waals surface area contributed by atoms with Gasteiger partial charge in [0.2, 0.25) is 10.0 Å². The Morgan fingerprint density at radius 3 is 2.68 bits per heavy atom. The molecule has 1 N–H and O–H groups in total. The van der Waals surface area contributed by atoms with E-state index in [-0.39, 0.29) is 0 Å². The number of methoxy groups -OCH3 is 1. The number of esters is 1. The molecule has 1 fully saturated rings. The van der Waals surface area contributed by atoms with Gasteiger partial charge in [-0.05, 0) is 25.8 Å². The lowest BCUT2D eigenvalue weighted by Gasteiger charge is -2.40. The number of hydrogen-bond acceptors (Lipinski definition) is 6. The SMILES string of the molecule is COC(=O)[C@H]1CCCC[C@]1(C)NS(=O)(=O)c1cc(F)cc([N+](=O)[O-])c1. The fraction of sp³-hybridized carbons (Fsp3) is 0.533. The van der Waals surface area contributed by atoms with Gasteiger partial charge in [-0.1, -0.05) is 12.8 Å². The highest BCUT2D eigenvalue weighted by atomic mass is 32.2. The summed E-state index contributed by atoms with van der Waals surface area (Å²) in [4.78, 5) is 21.4. The summed E-state index contributed by atoms with van der Waals surface area (Å²) in [6, 6.07) is 2.12. The zero-order valence-corrected chi connectivity index (χ0v) is 14.6. The highest BCUT2D eigenvalue weighted by Gasteiger charge is 2.44. The van der Waals surface area contributed by atoms with Crippen molar-refractivity contribution >= 4 is 21.7 Å². The van der Waals surface area contributed by atoms with Crippen LogP contribution in [0.5, 0.6) is 0 Å². The Labute approximate surface area is 144 Å². The number of nitro benzene ring substituents is 1. The van der Waals surface area contributed by atoms with Crippen LogP contribution in [0, 0.1) is 21.8 Å². The molecule has 1 aliphatic carbocycles. The maximum atomic E-state index is 13.6. The predicted octanol–water partition coefficient (Wildman–Crippen LogP) is 2.13. The molecule has 0 bridgehead atoms. The maximum absolute atomic E-state index is 13.6. The molecule has 0 unspecified atom stereocenters. The van der Waals surface area contributed by atoms with Crippen LogP contribution in [-0.2, 0) is 19.6 Å².